The van der Waals surface area contributed by atoms with Gasteiger partial charge >= 0.3 is 0 Å². The molecule has 0 bridgehead atoms. The number of nitrogens with one attached hydrogen (secondary N) is 1. The zero-order valence-corrected chi connectivity index (χ0v) is 14.4. The Morgan fingerprint density at radius 3 is 3.08 bits per heavy atom. The Morgan fingerprint density at radius 1 is 1.38 bits per heavy atom. The number of aromatic nitrogens is 2. The predicted molar refractivity (Wildman–Crippen MR) is 91.1 cm³/mol. The first-order valence-electron chi connectivity index (χ1n) is 8.88. The Labute approximate surface area is 141 Å². The third kappa shape index (κ3) is 2.69. The average Bonchev–Trinajstić information content (AvgIpc) is 3.17. The summed E-state index contributed by atoms with van der Waals surface area (Å²) in [6, 6.07) is 0. The standard InChI is InChI=1S/C18H24N4O2/c1-11-15-16(13-6-3-7-14(13)20-18(15)24-21-11)17(23)19-9-12-5-4-8-22(2)10-12/h12H,3-10H2,1-2H3,(H,19,23)/t12-/m0/s1. The minimum atomic E-state index is 0.0000709. The Hall–Kier alpha value is -1.95. The number of aryl methyl sites for hydroxylation is 2. The number of amides is 1. The number of hydrogen-bond donors (Lipinski definition) is 1. The predicted octanol–water partition coefficient (Wildman–Crippen LogP) is 2.09. The molecule has 1 aliphatic heterocycles. The molecule has 2 aromatic rings. The van der Waals surface area contributed by atoms with Gasteiger partial charge in [0.1, 0.15) is 0 Å². The molecule has 0 spiro atoms. The largest absolute Gasteiger partial charge is 0.352 e. The first kappa shape index (κ1) is 15.6. The molecule has 1 amide bonds. The average molecular weight is 328 g/mol. The molecule has 0 radical (unpaired) electrons. The molecule has 3 heterocycles. The minimum Gasteiger partial charge on any atom is -0.352 e. The number of carbonyl (C=O) groups is 1. The fourth-order valence-corrected chi connectivity index (χ4v) is 4.13. The van der Waals surface area contributed by atoms with E-state index in [0.29, 0.717) is 11.6 Å². The van der Waals surface area contributed by atoms with Crippen molar-refractivity contribution in [3.8, 4) is 0 Å². The van der Waals surface area contributed by atoms with Crippen molar-refractivity contribution in [2.45, 2.75) is 39.0 Å². The van der Waals surface area contributed by atoms with E-state index >= 15 is 0 Å². The zero-order chi connectivity index (χ0) is 16.7. The van der Waals surface area contributed by atoms with Gasteiger partial charge < -0.3 is 14.7 Å². The SMILES string of the molecule is Cc1noc2nc3c(c(C(=O)NC[C@@H]4CCCN(C)C4)c12)CCC3. The van der Waals surface area contributed by atoms with E-state index in [0.717, 1.165) is 66.8 Å². The van der Waals surface area contributed by atoms with Crippen LogP contribution in [0.3, 0.4) is 0 Å². The summed E-state index contributed by atoms with van der Waals surface area (Å²) in [5, 5.41) is 7.97. The third-order valence-electron chi connectivity index (χ3n) is 5.32. The summed E-state index contributed by atoms with van der Waals surface area (Å²) in [4.78, 5) is 19.9. The summed E-state index contributed by atoms with van der Waals surface area (Å²) in [5.41, 5.74) is 4.08. The van der Waals surface area contributed by atoms with Crippen molar-refractivity contribution in [3.63, 3.8) is 0 Å². The number of nitrogens with zero attached hydrogens (tertiary/aromatic N) is 3. The van der Waals surface area contributed by atoms with E-state index in [9.17, 15) is 4.79 Å². The summed E-state index contributed by atoms with van der Waals surface area (Å²) < 4.78 is 5.33. The Morgan fingerprint density at radius 2 is 2.25 bits per heavy atom. The van der Waals surface area contributed by atoms with Crippen LogP contribution < -0.4 is 5.32 Å². The fourth-order valence-electron chi connectivity index (χ4n) is 4.13. The van der Waals surface area contributed by atoms with Gasteiger partial charge in [-0.2, -0.15) is 0 Å². The highest BCUT2D eigenvalue weighted by molar-refractivity contribution is 6.07. The molecule has 1 atom stereocenters. The van der Waals surface area contributed by atoms with Crippen molar-refractivity contribution in [1.82, 2.24) is 20.4 Å². The molecule has 0 unspecified atom stereocenters. The molecule has 0 aromatic carbocycles. The lowest BCUT2D eigenvalue weighted by Crippen LogP contribution is -2.39. The summed E-state index contributed by atoms with van der Waals surface area (Å²) in [5.74, 6) is 0.529. The minimum absolute atomic E-state index is 0.0000709. The van der Waals surface area contributed by atoms with E-state index in [1.54, 1.807) is 0 Å². The van der Waals surface area contributed by atoms with Crippen LogP contribution in [0.1, 0.15) is 46.6 Å². The van der Waals surface area contributed by atoms with Crippen LogP contribution in [-0.2, 0) is 12.8 Å². The van der Waals surface area contributed by atoms with Gasteiger partial charge in [-0.15, -0.1) is 0 Å². The van der Waals surface area contributed by atoms with Gasteiger partial charge in [-0.3, -0.25) is 4.79 Å². The van der Waals surface area contributed by atoms with E-state index in [2.05, 4.69) is 27.4 Å². The smallest absolute Gasteiger partial charge is 0.259 e. The number of rotatable bonds is 3. The van der Waals surface area contributed by atoms with Gasteiger partial charge in [0, 0.05) is 18.8 Å². The molecule has 1 fully saturated rings. The molecule has 6 nitrogen and oxygen atoms in total. The number of fused-ring (bicyclic) bond motifs is 2. The van der Waals surface area contributed by atoms with Gasteiger partial charge in [-0.25, -0.2) is 4.98 Å². The molecule has 4 rings (SSSR count). The molecule has 24 heavy (non-hydrogen) atoms. The van der Waals surface area contributed by atoms with Crippen molar-refractivity contribution in [2.75, 3.05) is 26.7 Å². The highest BCUT2D eigenvalue weighted by Crippen LogP contribution is 2.31. The van der Waals surface area contributed by atoms with E-state index in [1.807, 2.05) is 6.92 Å². The van der Waals surface area contributed by atoms with Crippen molar-refractivity contribution in [1.29, 1.82) is 0 Å². The zero-order valence-electron chi connectivity index (χ0n) is 14.4. The molecule has 0 saturated carbocycles. The molecule has 2 aromatic heterocycles. The van der Waals surface area contributed by atoms with Crippen LogP contribution in [0.5, 0.6) is 0 Å². The molecule has 2 aliphatic rings. The van der Waals surface area contributed by atoms with Crippen LogP contribution >= 0.6 is 0 Å². The molecule has 6 heteroatoms. The number of likely N-dealkylation sites (tertiary alicyclic amines) is 1. The Balaban J connectivity index is 1.61. The highest BCUT2D eigenvalue weighted by atomic mass is 16.5. The molecule has 1 N–H and O–H groups in total. The van der Waals surface area contributed by atoms with Gasteiger partial charge in [-0.1, -0.05) is 5.16 Å². The number of carbonyl (C=O) groups excluding carboxylic acids is 1. The Kier molecular flexibility index (Phi) is 4.00. The summed E-state index contributed by atoms with van der Waals surface area (Å²) in [6.45, 7) is 4.81. The van der Waals surface area contributed by atoms with Crippen molar-refractivity contribution >= 4 is 17.0 Å². The quantitative estimate of drug-likeness (QED) is 0.934. The number of hydrogen-bond acceptors (Lipinski definition) is 5. The molecule has 1 aliphatic carbocycles. The summed E-state index contributed by atoms with van der Waals surface area (Å²) in [6.07, 6.45) is 5.27. The molecule has 1 saturated heterocycles. The third-order valence-corrected chi connectivity index (χ3v) is 5.32. The van der Waals surface area contributed by atoms with Crippen molar-refractivity contribution < 1.29 is 9.32 Å². The number of piperidine rings is 1. The normalized spacial score (nSPS) is 21.2. The van der Waals surface area contributed by atoms with Crippen molar-refractivity contribution in [3.05, 3.63) is 22.5 Å². The van der Waals surface area contributed by atoms with Gasteiger partial charge in [0.15, 0.2) is 0 Å². The number of pyridine rings is 1. The van der Waals surface area contributed by atoms with Gasteiger partial charge in [-0.05, 0) is 64.1 Å². The van der Waals surface area contributed by atoms with E-state index in [-0.39, 0.29) is 5.91 Å². The maximum absolute atomic E-state index is 13.0. The van der Waals surface area contributed by atoms with Crippen LogP contribution in [0, 0.1) is 12.8 Å². The van der Waals surface area contributed by atoms with E-state index in [4.69, 9.17) is 4.52 Å². The summed E-state index contributed by atoms with van der Waals surface area (Å²) >= 11 is 0. The second-order valence-electron chi connectivity index (χ2n) is 7.19. The monoisotopic (exact) mass is 328 g/mol. The Bertz CT molecular complexity index is 783. The fraction of sp³-hybridized carbons (Fsp3) is 0.611. The molecular formula is C18H24N4O2. The molecular weight excluding hydrogens is 304 g/mol. The topological polar surface area (TPSA) is 71.3 Å². The molecule has 128 valence electrons. The first-order valence-corrected chi connectivity index (χ1v) is 8.88. The van der Waals surface area contributed by atoms with Crippen molar-refractivity contribution in [2.24, 2.45) is 5.92 Å². The van der Waals surface area contributed by atoms with Gasteiger partial charge in [0.2, 0.25) is 0 Å². The van der Waals surface area contributed by atoms with E-state index in [1.165, 1.54) is 12.8 Å². The van der Waals surface area contributed by atoms with Crippen LogP contribution in [-0.4, -0.2) is 47.6 Å². The maximum atomic E-state index is 13.0. The van der Waals surface area contributed by atoms with Gasteiger partial charge in [0.05, 0.1) is 16.6 Å². The second kappa shape index (κ2) is 6.16. The van der Waals surface area contributed by atoms with E-state index < -0.39 is 0 Å². The summed E-state index contributed by atoms with van der Waals surface area (Å²) in [7, 11) is 2.15. The van der Waals surface area contributed by atoms with Crippen LogP contribution in [0.2, 0.25) is 0 Å². The lowest BCUT2D eigenvalue weighted by molar-refractivity contribution is 0.0937. The first-order chi connectivity index (χ1) is 11.6. The highest BCUT2D eigenvalue weighted by Gasteiger charge is 2.27. The lowest BCUT2D eigenvalue weighted by atomic mass is 9.97. The van der Waals surface area contributed by atoms with Gasteiger partial charge in [0.25, 0.3) is 11.6 Å². The van der Waals surface area contributed by atoms with Crippen LogP contribution in [0.25, 0.3) is 11.1 Å². The lowest BCUT2D eigenvalue weighted by Gasteiger charge is -2.29. The second-order valence-corrected chi connectivity index (χ2v) is 7.19. The van der Waals surface area contributed by atoms with Crippen LogP contribution in [0.15, 0.2) is 4.52 Å². The maximum Gasteiger partial charge on any atom is 0.259 e. The van der Waals surface area contributed by atoms with Crippen LogP contribution in [0.4, 0.5) is 0 Å².